The van der Waals surface area contributed by atoms with E-state index in [1.807, 2.05) is 0 Å². The van der Waals surface area contributed by atoms with E-state index >= 15 is 0 Å². The van der Waals surface area contributed by atoms with Crippen molar-refractivity contribution in [3.63, 3.8) is 0 Å². The highest BCUT2D eigenvalue weighted by molar-refractivity contribution is 5.85. The monoisotopic (exact) mass is 770 g/mol. The maximum atomic E-state index is 2.59. The first-order valence-electron chi connectivity index (χ1n) is 22.7. The fraction of sp³-hybridized carbons (Fsp3) is 0.288. The van der Waals surface area contributed by atoms with E-state index in [-0.39, 0.29) is 5.41 Å². The van der Waals surface area contributed by atoms with Gasteiger partial charge in [-0.05, 0) is 129 Å². The van der Waals surface area contributed by atoms with Crippen LogP contribution >= 0.6 is 0 Å². The smallest absolute Gasteiger partial charge is 0.0215 e. The summed E-state index contributed by atoms with van der Waals surface area (Å²) in [5.74, 6) is 0. The number of benzene rings is 7. The van der Waals surface area contributed by atoms with Crippen LogP contribution in [0.15, 0.2) is 158 Å². The van der Waals surface area contributed by atoms with Gasteiger partial charge in [0, 0.05) is 5.41 Å². The third-order valence-corrected chi connectivity index (χ3v) is 13.1. The predicted octanol–water partition coefficient (Wildman–Crippen LogP) is 17.6. The number of hydrogen-bond acceptors (Lipinski definition) is 0. The Morgan fingerprint density at radius 2 is 0.661 bits per heavy atom. The summed E-state index contributed by atoms with van der Waals surface area (Å²) in [6.07, 6.45) is 15.7. The Labute approximate surface area is 355 Å². The van der Waals surface area contributed by atoms with Crippen LogP contribution in [0.5, 0.6) is 0 Å². The van der Waals surface area contributed by atoms with Gasteiger partial charge >= 0.3 is 0 Å². The average Bonchev–Trinajstić information content (AvgIpc) is 3.54. The summed E-state index contributed by atoms with van der Waals surface area (Å²) in [6.45, 7) is 9.08. The van der Waals surface area contributed by atoms with Crippen molar-refractivity contribution in [2.45, 2.75) is 110 Å². The Bertz CT molecular complexity index is 2480. The lowest BCUT2D eigenvalue weighted by Crippen LogP contribution is -2.25. The second kappa shape index (κ2) is 18.6. The molecule has 0 aromatic heterocycles. The Morgan fingerprint density at radius 3 is 1.14 bits per heavy atom. The van der Waals surface area contributed by atoms with E-state index < -0.39 is 0 Å². The van der Waals surface area contributed by atoms with Crippen molar-refractivity contribution in [3.8, 4) is 66.8 Å². The summed E-state index contributed by atoms with van der Waals surface area (Å²) in [4.78, 5) is 0. The summed E-state index contributed by atoms with van der Waals surface area (Å²) in [5, 5.41) is 0. The summed E-state index contributed by atoms with van der Waals surface area (Å²) in [5.41, 5.74) is 21.4. The first kappa shape index (κ1) is 40.3. The molecular weight excluding hydrogens is 709 g/mol. The maximum absolute atomic E-state index is 2.59. The van der Waals surface area contributed by atoms with Crippen LogP contribution in [0.1, 0.15) is 113 Å². The largest absolute Gasteiger partial charge is 0.0654 e. The molecule has 7 aromatic carbocycles. The van der Waals surface area contributed by atoms with Gasteiger partial charge in [0.15, 0.2) is 0 Å². The molecule has 0 bridgehead atoms. The van der Waals surface area contributed by atoms with Crippen molar-refractivity contribution >= 4 is 0 Å². The molecule has 0 fully saturated rings. The van der Waals surface area contributed by atoms with Crippen LogP contribution in [0.3, 0.4) is 0 Å². The zero-order valence-electron chi connectivity index (χ0n) is 36.0. The molecule has 0 aliphatic heterocycles. The van der Waals surface area contributed by atoms with Crippen LogP contribution in [-0.4, -0.2) is 0 Å². The molecule has 298 valence electrons. The first-order chi connectivity index (χ1) is 29.0. The van der Waals surface area contributed by atoms with E-state index in [4.69, 9.17) is 0 Å². The quantitative estimate of drug-likeness (QED) is 0.0809. The highest BCUT2D eigenvalue weighted by Gasteiger charge is 2.42. The fourth-order valence-electron chi connectivity index (χ4n) is 9.83. The summed E-state index contributed by atoms with van der Waals surface area (Å²) >= 11 is 0. The van der Waals surface area contributed by atoms with E-state index in [9.17, 15) is 0 Å². The van der Waals surface area contributed by atoms with Crippen molar-refractivity contribution in [3.05, 3.63) is 180 Å². The summed E-state index contributed by atoms with van der Waals surface area (Å²) in [6, 6.07) is 59.7. The standard InChI is InChI=1S/C59H62/c1-5-7-9-11-13-35-59(36-14-12-10-8-6-2)57-38-44(4)27-33-55(57)56-34-32-54(42-58(56)59)53-26-18-25-52(41-53)51-24-17-22-49(40-51)46-30-28-45(29-31-46)48-21-16-23-50(39-48)47-20-15-19-43(3)37-47/h15-34,37-42H,5-14,35-36H2,1-4H3. The molecule has 59 heavy (non-hydrogen) atoms. The van der Waals surface area contributed by atoms with Crippen LogP contribution in [0.2, 0.25) is 0 Å². The van der Waals surface area contributed by atoms with Gasteiger partial charge in [-0.15, -0.1) is 0 Å². The van der Waals surface area contributed by atoms with E-state index in [1.165, 1.54) is 155 Å². The zero-order chi connectivity index (χ0) is 40.6. The van der Waals surface area contributed by atoms with Crippen molar-refractivity contribution < 1.29 is 0 Å². The highest BCUT2D eigenvalue weighted by Crippen LogP contribution is 2.55. The summed E-state index contributed by atoms with van der Waals surface area (Å²) in [7, 11) is 0. The van der Waals surface area contributed by atoms with E-state index in [0.717, 1.165) is 0 Å². The Hall–Kier alpha value is -5.46. The van der Waals surface area contributed by atoms with Crippen LogP contribution in [-0.2, 0) is 5.41 Å². The Kier molecular flexibility index (Phi) is 12.7. The minimum atomic E-state index is 0.0798. The number of aryl methyl sites for hydroxylation is 2. The van der Waals surface area contributed by atoms with Crippen molar-refractivity contribution in [1.82, 2.24) is 0 Å². The van der Waals surface area contributed by atoms with Crippen LogP contribution < -0.4 is 0 Å². The lowest BCUT2D eigenvalue weighted by Gasteiger charge is -2.33. The molecule has 7 aromatic rings. The molecule has 0 atom stereocenters. The molecule has 1 aliphatic rings. The SMILES string of the molecule is CCCCCCCC1(CCCCCCC)c2cc(C)ccc2-c2ccc(-c3cccc(-c4cccc(-c5ccc(-c6cccc(-c7cccc(C)c7)c6)cc5)c4)c3)cc21. The van der Waals surface area contributed by atoms with Crippen LogP contribution in [0, 0.1) is 13.8 Å². The second-order valence-electron chi connectivity index (χ2n) is 17.4. The highest BCUT2D eigenvalue weighted by atomic mass is 14.4. The lowest BCUT2D eigenvalue weighted by atomic mass is 9.70. The van der Waals surface area contributed by atoms with Crippen molar-refractivity contribution in [2.24, 2.45) is 0 Å². The average molecular weight is 771 g/mol. The van der Waals surface area contributed by atoms with Crippen LogP contribution in [0.25, 0.3) is 66.8 Å². The molecule has 0 saturated carbocycles. The van der Waals surface area contributed by atoms with Crippen molar-refractivity contribution in [2.75, 3.05) is 0 Å². The van der Waals surface area contributed by atoms with Gasteiger partial charge in [-0.25, -0.2) is 0 Å². The number of rotatable bonds is 17. The van der Waals surface area contributed by atoms with Gasteiger partial charge in [0.05, 0.1) is 0 Å². The molecule has 0 amide bonds. The zero-order valence-corrected chi connectivity index (χ0v) is 36.0. The molecule has 0 N–H and O–H groups in total. The maximum Gasteiger partial charge on any atom is 0.0215 e. The molecule has 0 saturated heterocycles. The van der Waals surface area contributed by atoms with E-state index in [2.05, 4.69) is 185 Å². The first-order valence-corrected chi connectivity index (χ1v) is 22.7. The van der Waals surface area contributed by atoms with E-state index in [0.29, 0.717) is 0 Å². The normalized spacial score (nSPS) is 12.7. The minimum absolute atomic E-state index is 0.0798. The molecule has 0 heteroatoms. The minimum Gasteiger partial charge on any atom is -0.0654 e. The molecule has 0 heterocycles. The van der Waals surface area contributed by atoms with Gasteiger partial charge in [0.1, 0.15) is 0 Å². The molecule has 0 nitrogen and oxygen atoms in total. The third kappa shape index (κ3) is 8.94. The van der Waals surface area contributed by atoms with Gasteiger partial charge in [-0.1, -0.05) is 223 Å². The Morgan fingerprint density at radius 1 is 0.305 bits per heavy atom. The van der Waals surface area contributed by atoms with E-state index in [1.54, 1.807) is 11.1 Å². The van der Waals surface area contributed by atoms with Gasteiger partial charge in [0.25, 0.3) is 0 Å². The molecular formula is C59H62. The number of unbranched alkanes of at least 4 members (excludes halogenated alkanes) is 8. The van der Waals surface area contributed by atoms with Gasteiger partial charge in [-0.2, -0.15) is 0 Å². The lowest BCUT2D eigenvalue weighted by molar-refractivity contribution is 0.399. The Balaban J connectivity index is 1.08. The topological polar surface area (TPSA) is 0 Å². The van der Waals surface area contributed by atoms with Gasteiger partial charge < -0.3 is 0 Å². The predicted molar refractivity (Wildman–Crippen MR) is 256 cm³/mol. The second-order valence-corrected chi connectivity index (χ2v) is 17.4. The van der Waals surface area contributed by atoms with Gasteiger partial charge in [-0.3, -0.25) is 0 Å². The number of hydrogen-bond donors (Lipinski definition) is 0. The van der Waals surface area contributed by atoms with Crippen molar-refractivity contribution in [1.29, 1.82) is 0 Å². The van der Waals surface area contributed by atoms with Gasteiger partial charge in [0.2, 0.25) is 0 Å². The molecule has 0 spiro atoms. The molecule has 1 aliphatic carbocycles. The number of fused-ring (bicyclic) bond motifs is 3. The third-order valence-electron chi connectivity index (χ3n) is 13.1. The fourth-order valence-corrected chi connectivity index (χ4v) is 9.83. The van der Waals surface area contributed by atoms with Crippen LogP contribution in [0.4, 0.5) is 0 Å². The molecule has 8 rings (SSSR count). The molecule has 0 unspecified atom stereocenters. The summed E-state index contributed by atoms with van der Waals surface area (Å²) < 4.78 is 0. The molecule has 0 radical (unpaired) electrons.